The molecule has 3 aromatic carbocycles. The molecular formula is C26H30ClN2O4S+. The van der Waals surface area contributed by atoms with Crippen LogP contribution in [0.2, 0.25) is 5.02 Å². The van der Waals surface area contributed by atoms with E-state index in [-0.39, 0.29) is 23.6 Å². The van der Waals surface area contributed by atoms with E-state index in [1.807, 2.05) is 30.3 Å². The van der Waals surface area contributed by atoms with E-state index < -0.39 is 16.0 Å². The van der Waals surface area contributed by atoms with Crippen molar-refractivity contribution in [3.8, 4) is 0 Å². The molecule has 0 aromatic heterocycles. The first kappa shape index (κ1) is 25.7. The number of benzene rings is 3. The van der Waals surface area contributed by atoms with Crippen LogP contribution in [0.25, 0.3) is 0 Å². The Hall–Kier alpha value is -2.87. The number of carbonyl (C=O) groups excluding carboxylic acids is 1. The van der Waals surface area contributed by atoms with Gasteiger partial charge in [-0.05, 0) is 49.7 Å². The standard InChI is InChI=1S/C26H29ClN2O4S/c1-3-28(4-2)17-18-33-26(30)22-13-10-14-23(19-22)34(31,32)29(20-21-11-6-5-7-12-21)25-16-9-8-15-24(25)27/h5-16,19H,3-4,17-18,20H2,1-2H3/p+1. The lowest BCUT2D eigenvalue weighted by Crippen LogP contribution is -3.11. The first-order valence-corrected chi connectivity index (χ1v) is 13.1. The Morgan fingerprint density at radius 3 is 2.29 bits per heavy atom. The van der Waals surface area contributed by atoms with Crippen LogP contribution < -0.4 is 9.21 Å². The smallest absolute Gasteiger partial charge is 0.338 e. The first-order valence-electron chi connectivity index (χ1n) is 11.3. The molecule has 0 heterocycles. The Bertz CT molecular complexity index is 1200. The molecule has 180 valence electrons. The lowest BCUT2D eigenvalue weighted by atomic mass is 10.2. The van der Waals surface area contributed by atoms with E-state index in [0.717, 1.165) is 18.7 Å². The number of quaternary nitrogens is 1. The molecule has 3 aromatic rings. The summed E-state index contributed by atoms with van der Waals surface area (Å²) in [6, 6.07) is 22.0. The number of carbonyl (C=O) groups is 1. The van der Waals surface area contributed by atoms with Crippen molar-refractivity contribution in [3.05, 3.63) is 95.0 Å². The molecule has 3 rings (SSSR count). The molecule has 0 saturated heterocycles. The van der Waals surface area contributed by atoms with E-state index in [9.17, 15) is 13.2 Å². The van der Waals surface area contributed by atoms with Crippen molar-refractivity contribution >= 4 is 33.3 Å². The van der Waals surface area contributed by atoms with Crippen LogP contribution in [0.15, 0.2) is 83.8 Å². The largest absolute Gasteiger partial charge is 0.456 e. The summed E-state index contributed by atoms with van der Waals surface area (Å²) in [7, 11) is -4.04. The maximum atomic E-state index is 13.8. The summed E-state index contributed by atoms with van der Waals surface area (Å²) >= 11 is 6.38. The fourth-order valence-corrected chi connectivity index (χ4v) is 5.39. The summed E-state index contributed by atoms with van der Waals surface area (Å²) < 4.78 is 34.2. The molecule has 6 nitrogen and oxygen atoms in total. The number of nitrogens with zero attached hydrogens (tertiary/aromatic N) is 1. The van der Waals surface area contributed by atoms with Crippen molar-refractivity contribution in [2.75, 3.05) is 30.5 Å². The van der Waals surface area contributed by atoms with Gasteiger partial charge in [0.2, 0.25) is 0 Å². The molecule has 0 fully saturated rings. The van der Waals surface area contributed by atoms with Crippen LogP contribution in [0.3, 0.4) is 0 Å². The number of ether oxygens (including phenoxy) is 1. The van der Waals surface area contributed by atoms with Crippen LogP contribution >= 0.6 is 11.6 Å². The summed E-state index contributed by atoms with van der Waals surface area (Å²) in [6.07, 6.45) is 0. The van der Waals surface area contributed by atoms with Gasteiger partial charge in [0, 0.05) is 0 Å². The van der Waals surface area contributed by atoms with Gasteiger partial charge in [0.05, 0.1) is 40.8 Å². The predicted molar refractivity (Wildman–Crippen MR) is 135 cm³/mol. The van der Waals surface area contributed by atoms with Gasteiger partial charge in [0.25, 0.3) is 10.0 Å². The van der Waals surface area contributed by atoms with E-state index in [2.05, 4.69) is 13.8 Å². The Morgan fingerprint density at radius 2 is 1.62 bits per heavy atom. The first-order chi connectivity index (χ1) is 16.4. The second-order valence-electron chi connectivity index (χ2n) is 7.82. The lowest BCUT2D eigenvalue weighted by Gasteiger charge is -2.25. The molecule has 0 radical (unpaired) electrons. The minimum Gasteiger partial charge on any atom is -0.456 e. The van der Waals surface area contributed by atoms with Crippen molar-refractivity contribution in [1.82, 2.24) is 0 Å². The van der Waals surface area contributed by atoms with Crippen molar-refractivity contribution in [2.45, 2.75) is 25.3 Å². The molecular weight excluding hydrogens is 472 g/mol. The molecule has 0 amide bonds. The van der Waals surface area contributed by atoms with Gasteiger partial charge < -0.3 is 9.64 Å². The highest BCUT2D eigenvalue weighted by molar-refractivity contribution is 7.92. The Labute approximate surface area is 206 Å². The average Bonchev–Trinajstić information content (AvgIpc) is 2.86. The Morgan fingerprint density at radius 1 is 0.941 bits per heavy atom. The summed E-state index contributed by atoms with van der Waals surface area (Å²) in [5.74, 6) is -0.545. The van der Waals surface area contributed by atoms with Gasteiger partial charge in [-0.15, -0.1) is 0 Å². The van der Waals surface area contributed by atoms with Crippen LogP contribution in [0.5, 0.6) is 0 Å². The number of hydrogen-bond donors (Lipinski definition) is 1. The number of nitrogens with one attached hydrogen (secondary N) is 1. The molecule has 8 heteroatoms. The minimum absolute atomic E-state index is 0.00725. The fourth-order valence-electron chi connectivity index (χ4n) is 3.59. The highest BCUT2D eigenvalue weighted by atomic mass is 35.5. The molecule has 1 N–H and O–H groups in total. The molecule has 0 aliphatic carbocycles. The van der Waals surface area contributed by atoms with Crippen LogP contribution in [0.4, 0.5) is 5.69 Å². The van der Waals surface area contributed by atoms with Gasteiger partial charge in [-0.2, -0.15) is 0 Å². The fraction of sp³-hybridized carbons (Fsp3) is 0.269. The van der Waals surface area contributed by atoms with Crippen LogP contribution in [-0.2, 0) is 21.3 Å². The van der Waals surface area contributed by atoms with Crippen LogP contribution in [0, 0.1) is 0 Å². The number of likely N-dealkylation sites (N-methyl/N-ethyl adjacent to an activating group) is 1. The zero-order chi connectivity index (χ0) is 24.6. The summed E-state index contributed by atoms with van der Waals surface area (Å²) in [6.45, 7) is 7.11. The topological polar surface area (TPSA) is 68.1 Å². The highest BCUT2D eigenvalue weighted by Crippen LogP contribution is 2.32. The average molecular weight is 502 g/mol. The maximum absolute atomic E-state index is 13.8. The summed E-state index contributed by atoms with van der Waals surface area (Å²) in [5.41, 5.74) is 1.36. The molecule has 0 unspecified atom stereocenters. The quantitative estimate of drug-likeness (QED) is 0.406. The predicted octanol–water partition coefficient (Wildman–Crippen LogP) is 3.82. The molecule has 0 aliphatic heterocycles. The lowest BCUT2D eigenvalue weighted by molar-refractivity contribution is -0.896. The van der Waals surface area contributed by atoms with Gasteiger partial charge in [0.1, 0.15) is 13.2 Å². The molecule has 0 saturated carbocycles. The summed E-state index contributed by atoms with van der Waals surface area (Å²) in [5, 5.41) is 0.316. The second kappa shape index (κ2) is 12.0. The minimum atomic E-state index is -4.04. The van der Waals surface area contributed by atoms with Gasteiger partial charge >= 0.3 is 5.97 Å². The van der Waals surface area contributed by atoms with Crippen molar-refractivity contribution in [2.24, 2.45) is 0 Å². The molecule has 0 atom stereocenters. The van der Waals surface area contributed by atoms with Crippen LogP contribution in [0.1, 0.15) is 29.8 Å². The second-order valence-corrected chi connectivity index (χ2v) is 10.1. The Balaban J connectivity index is 1.90. The number of halogens is 1. The van der Waals surface area contributed by atoms with Crippen molar-refractivity contribution in [1.29, 1.82) is 0 Å². The van der Waals surface area contributed by atoms with Gasteiger partial charge in [-0.1, -0.05) is 60.1 Å². The van der Waals surface area contributed by atoms with E-state index >= 15 is 0 Å². The number of anilines is 1. The van der Waals surface area contributed by atoms with Crippen molar-refractivity contribution in [3.63, 3.8) is 0 Å². The maximum Gasteiger partial charge on any atom is 0.338 e. The van der Waals surface area contributed by atoms with Gasteiger partial charge in [-0.3, -0.25) is 4.31 Å². The van der Waals surface area contributed by atoms with Crippen molar-refractivity contribution < 1.29 is 22.8 Å². The van der Waals surface area contributed by atoms with Crippen LogP contribution in [-0.4, -0.2) is 40.6 Å². The highest BCUT2D eigenvalue weighted by Gasteiger charge is 2.27. The zero-order valence-corrected chi connectivity index (χ0v) is 21.0. The Kier molecular flexibility index (Phi) is 9.10. The van der Waals surface area contributed by atoms with E-state index in [1.165, 1.54) is 21.3 Å². The number of rotatable bonds is 11. The molecule has 0 aliphatic rings. The number of sulfonamides is 1. The molecule has 0 spiro atoms. The normalized spacial score (nSPS) is 11.4. The number of para-hydroxylation sites is 1. The number of hydrogen-bond acceptors (Lipinski definition) is 4. The van der Waals surface area contributed by atoms with E-state index in [4.69, 9.17) is 16.3 Å². The van der Waals surface area contributed by atoms with E-state index in [0.29, 0.717) is 17.3 Å². The number of esters is 1. The third-order valence-electron chi connectivity index (χ3n) is 5.64. The summed E-state index contributed by atoms with van der Waals surface area (Å²) in [4.78, 5) is 13.9. The van der Waals surface area contributed by atoms with E-state index in [1.54, 1.807) is 36.4 Å². The molecule has 34 heavy (non-hydrogen) atoms. The SMILES string of the molecule is CC[NH+](CC)CCOC(=O)c1cccc(S(=O)(=O)N(Cc2ccccc2)c2ccccc2Cl)c1. The zero-order valence-electron chi connectivity index (χ0n) is 19.4. The van der Waals surface area contributed by atoms with Gasteiger partial charge in [-0.25, -0.2) is 13.2 Å². The third-order valence-corrected chi connectivity index (χ3v) is 7.71. The molecule has 0 bridgehead atoms. The third kappa shape index (κ3) is 6.38. The monoisotopic (exact) mass is 501 g/mol. The van der Waals surface area contributed by atoms with Gasteiger partial charge in [0.15, 0.2) is 0 Å².